The molecule has 2 aliphatic rings. The molecule has 2 aromatic rings. The van der Waals surface area contributed by atoms with Crippen LogP contribution in [-0.4, -0.2) is 62.4 Å². The van der Waals surface area contributed by atoms with Crippen molar-refractivity contribution >= 4 is 56.6 Å². The van der Waals surface area contributed by atoms with Crippen LogP contribution in [0.5, 0.6) is 5.75 Å². The third-order valence-corrected chi connectivity index (χ3v) is 7.93. The van der Waals surface area contributed by atoms with Crippen molar-refractivity contribution < 1.29 is 27.5 Å². The van der Waals surface area contributed by atoms with Gasteiger partial charge < -0.3 is 19.7 Å². The summed E-state index contributed by atoms with van der Waals surface area (Å²) in [5, 5.41) is 3.27. The Morgan fingerprint density at radius 2 is 1.81 bits per heavy atom. The molecular weight excluding hydrogens is 529 g/mol. The summed E-state index contributed by atoms with van der Waals surface area (Å²) in [7, 11) is -3.40. The first kappa shape index (κ1) is 26.4. The van der Waals surface area contributed by atoms with Gasteiger partial charge in [-0.1, -0.05) is 23.2 Å². The molecule has 0 aliphatic carbocycles. The number of carbonyl (C=O) groups excluding carboxylic acids is 2. The number of amides is 2. The number of carbonyl (C=O) groups is 2. The molecule has 2 heterocycles. The highest BCUT2D eigenvalue weighted by Crippen LogP contribution is 2.31. The van der Waals surface area contributed by atoms with E-state index in [2.05, 4.69) is 5.32 Å². The summed E-state index contributed by atoms with van der Waals surface area (Å²) in [4.78, 5) is 26.6. The van der Waals surface area contributed by atoms with E-state index >= 15 is 0 Å². The van der Waals surface area contributed by atoms with Crippen molar-refractivity contribution in [1.82, 2.24) is 4.90 Å². The van der Waals surface area contributed by atoms with Gasteiger partial charge in [-0.2, -0.15) is 0 Å². The van der Waals surface area contributed by atoms with Crippen LogP contribution < -0.4 is 14.4 Å². The van der Waals surface area contributed by atoms with Crippen molar-refractivity contribution in [3.8, 4) is 5.75 Å². The molecule has 194 valence electrons. The van der Waals surface area contributed by atoms with Crippen molar-refractivity contribution in [3.63, 3.8) is 0 Å². The molecule has 0 atom stereocenters. The predicted molar refractivity (Wildman–Crippen MR) is 139 cm³/mol. The first-order valence-electron chi connectivity index (χ1n) is 11.4. The number of ether oxygens (including phenoxy) is 2. The van der Waals surface area contributed by atoms with E-state index in [1.807, 2.05) is 0 Å². The molecule has 0 bridgehead atoms. The second-order valence-corrected chi connectivity index (χ2v) is 12.5. The highest BCUT2D eigenvalue weighted by Gasteiger charge is 2.35. The third-order valence-electron chi connectivity index (χ3n) is 5.51. The minimum Gasteiger partial charge on any atom is -0.487 e. The summed E-state index contributed by atoms with van der Waals surface area (Å²) in [5.41, 5.74) is 0.317. The number of benzene rings is 2. The fourth-order valence-corrected chi connectivity index (χ4v) is 5.84. The lowest BCUT2D eigenvalue weighted by molar-refractivity contribution is -0.0221. The summed E-state index contributed by atoms with van der Waals surface area (Å²) in [6.07, 6.45) is -0.121. The molecule has 2 saturated heterocycles. The number of nitrogens with zero attached hydrogens (tertiary/aromatic N) is 2. The van der Waals surface area contributed by atoms with Gasteiger partial charge in [-0.3, -0.25) is 9.10 Å². The lowest BCUT2D eigenvalue weighted by Gasteiger charge is -2.39. The minimum absolute atomic E-state index is 0.0684. The van der Waals surface area contributed by atoms with Crippen LogP contribution in [0.4, 0.5) is 16.2 Å². The van der Waals surface area contributed by atoms with Crippen LogP contribution in [0.1, 0.15) is 37.6 Å². The zero-order chi connectivity index (χ0) is 26.3. The van der Waals surface area contributed by atoms with Gasteiger partial charge in [0.05, 0.1) is 35.1 Å². The Kier molecular flexibility index (Phi) is 7.32. The summed E-state index contributed by atoms with van der Waals surface area (Å²) in [5.74, 6) is -0.0278. The quantitative estimate of drug-likeness (QED) is 0.568. The van der Waals surface area contributed by atoms with E-state index in [1.165, 1.54) is 16.4 Å². The summed E-state index contributed by atoms with van der Waals surface area (Å²) >= 11 is 12.5. The molecule has 0 unspecified atom stereocenters. The molecule has 0 saturated carbocycles. The molecular formula is C24H27Cl2N3O6S. The Morgan fingerprint density at radius 3 is 2.44 bits per heavy atom. The van der Waals surface area contributed by atoms with E-state index in [4.69, 9.17) is 32.7 Å². The normalized spacial score (nSPS) is 17.5. The van der Waals surface area contributed by atoms with Gasteiger partial charge in [0.25, 0.3) is 5.91 Å². The van der Waals surface area contributed by atoms with Crippen molar-refractivity contribution in [3.05, 3.63) is 52.0 Å². The van der Waals surface area contributed by atoms with Gasteiger partial charge in [0.1, 0.15) is 17.5 Å². The van der Waals surface area contributed by atoms with Crippen molar-refractivity contribution in [2.45, 2.75) is 38.9 Å². The molecule has 2 fully saturated rings. The SMILES string of the molecule is CC(C)(C)OC(=O)N1CC(Oc2cc(Cl)cc(NC(=O)c3cc(N4CCCS4(=O)=O)ccc3Cl)c2)C1. The number of halogens is 2. The average Bonchev–Trinajstić information content (AvgIpc) is 3.08. The van der Waals surface area contributed by atoms with Crippen LogP contribution in [-0.2, 0) is 14.8 Å². The Hall–Kier alpha value is -2.69. The van der Waals surface area contributed by atoms with Crippen LogP contribution in [0, 0.1) is 0 Å². The fraction of sp³-hybridized carbons (Fsp3) is 0.417. The zero-order valence-corrected chi connectivity index (χ0v) is 22.4. The molecule has 0 radical (unpaired) electrons. The average molecular weight is 556 g/mol. The summed E-state index contributed by atoms with van der Waals surface area (Å²) in [6, 6.07) is 9.32. The second-order valence-electron chi connectivity index (χ2n) is 9.66. The van der Waals surface area contributed by atoms with Crippen LogP contribution in [0.3, 0.4) is 0 Å². The molecule has 4 rings (SSSR count). The lowest BCUT2D eigenvalue weighted by Crippen LogP contribution is -2.57. The van der Waals surface area contributed by atoms with E-state index in [9.17, 15) is 18.0 Å². The van der Waals surface area contributed by atoms with E-state index in [0.29, 0.717) is 48.2 Å². The number of rotatable bonds is 5. The van der Waals surface area contributed by atoms with Gasteiger partial charge in [0, 0.05) is 23.3 Å². The molecule has 2 aromatic carbocycles. The maximum atomic E-state index is 13.0. The highest BCUT2D eigenvalue weighted by molar-refractivity contribution is 7.93. The standard InChI is InChI=1S/C24H27Cl2N3O6S/c1-24(2,3)35-23(31)28-13-19(14-28)34-18-10-15(25)9-16(11-18)27-22(30)20-12-17(5-6-21(20)26)29-7-4-8-36(29,32)33/h5-6,9-12,19H,4,7-8,13-14H2,1-3H3,(H,27,30). The molecule has 36 heavy (non-hydrogen) atoms. The smallest absolute Gasteiger partial charge is 0.410 e. The largest absolute Gasteiger partial charge is 0.487 e. The zero-order valence-electron chi connectivity index (χ0n) is 20.1. The van der Waals surface area contributed by atoms with E-state index in [1.54, 1.807) is 49.9 Å². The van der Waals surface area contributed by atoms with E-state index < -0.39 is 27.6 Å². The maximum absolute atomic E-state index is 13.0. The molecule has 2 aliphatic heterocycles. The number of nitrogens with one attached hydrogen (secondary N) is 1. The van der Waals surface area contributed by atoms with E-state index in [-0.39, 0.29) is 22.4 Å². The monoisotopic (exact) mass is 555 g/mol. The Morgan fingerprint density at radius 1 is 1.08 bits per heavy atom. The highest BCUT2D eigenvalue weighted by atomic mass is 35.5. The van der Waals surface area contributed by atoms with Gasteiger partial charge in [-0.15, -0.1) is 0 Å². The predicted octanol–water partition coefficient (Wildman–Crippen LogP) is 4.78. The third kappa shape index (κ3) is 6.16. The number of sulfonamides is 1. The van der Waals surface area contributed by atoms with Gasteiger partial charge in [0.15, 0.2) is 0 Å². The first-order valence-corrected chi connectivity index (χ1v) is 13.7. The van der Waals surface area contributed by atoms with Gasteiger partial charge in [0.2, 0.25) is 10.0 Å². The van der Waals surface area contributed by atoms with Crippen molar-refractivity contribution in [2.24, 2.45) is 0 Å². The van der Waals surface area contributed by atoms with Crippen LogP contribution in [0.25, 0.3) is 0 Å². The minimum atomic E-state index is -3.40. The van der Waals surface area contributed by atoms with Gasteiger partial charge in [-0.25, -0.2) is 13.2 Å². The number of likely N-dealkylation sites (tertiary alicyclic amines) is 1. The molecule has 9 nitrogen and oxygen atoms in total. The van der Waals surface area contributed by atoms with Crippen molar-refractivity contribution in [1.29, 1.82) is 0 Å². The number of hydrogen-bond acceptors (Lipinski definition) is 6. The number of hydrogen-bond donors (Lipinski definition) is 1. The molecule has 0 aromatic heterocycles. The molecule has 2 amide bonds. The molecule has 0 spiro atoms. The van der Waals surface area contributed by atoms with Crippen LogP contribution in [0.15, 0.2) is 36.4 Å². The fourth-order valence-electron chi connectivity index (χ4n) is 3.85. The molecule has 1 N–H and O–H groups in total. The topological polar surface area (TPSA) is 105 Å². The van der Waals surface area contributed by atoms with Crippen LogP contribution >= 0.6 is 23.2 Å². The van der Waals surface area contributed by atoms with E-state index in [0.717, 1.165) is 0 Å². The number of anilines is 2. The van der Waals surface area contributed by atoms with Gasteiger partial charge in [-0.05, 0) is 57.5 Å². The lowest BCUT2D eigenvalue weighted by atomic mass is 10.1. The Bertz CT molecular complexity index is 1290. The summed E-state index contributed by atoms with van der Waals surface area (Å²) < 4.78 is 37.1. The Labute approximate surface area is 220 Å². The summed E-state index contributed by atoms with van der Waals surface area (Å²) in [6.45, 7) is 6.50. The Balaban J connectivity index is 1.42. The van der Waals surface area contributed by atoms with Gasteiger partial charge >= 0.3 is 6.09 Å². The first-order chi connectivity index (χ1) is 16.8. The molecule has 12 heteroatoms. The van der Waals surface area contributed by atoms with Crippen molar-refractivity contribution in [2.75, 3.05) is 35.0 Å². The second kappa shape index (κ2) is 9.99. The van der Waals surface area contributed by atoms with Crippen LogP contribution in [0.2, 0.25) is 10.0 Å². The maximum Gasteiger partial charge on any atom is 0.410 e.